The van der Waals surface area contributed by atoms with Gasteiger partial charge in [-0.1, -0.05) is 33.9 Å². The minimum atomic E-state index is -0.981. The van der Waals surface area contributed by atoms with Crippen molar-refractivity contribution in [2.45, 2.75) is 46.1 Å². The van der Waals surface area contributed by atoms with E-state index in [2.05, 4.69) is 43.9 Å². The smallest absolute Gasteiger partial charge is 0.327 e. The molecule has 26 heavy (non-hydrogen) atoms. The van der Waals surface area contributed by atoms with Crippen LogP contribution in [0.15, 0.2) is 35.3 Å². The highest BCUT2D eigenvalue weighted by Crippen LogP contribution is 2.47. The fraction of sp³-hybridized carbons (Fsp3) is 0.556. The standard InChI is InChI=1S/C12H18N2O2.2C3H4O2/c1-11(2)4-10(14-9-16)5-12(3,6-11)7-13-8-15;2*1-2-3(4)5/h10H,4-7H2,1-3H3;2*2H,1H2,(H,4,5). The van der Waals surface area contributed by atoms with E-state index in [1.54, 1.807) is 12.2 Å². The Kier molecular flexibility index (Phi) is 12.3. The highest BCUT2D eigenvalue weighted by Gasteiger charge is 2.41. The fourth-order valence-corrected chi connectivity index (χ4v) is 3.09. The first kappa shape index (κ1) is 25.4. The van der Waals surface area contributed by atoms with Gasteiger partial charge in [-0.15, -0.1) is 0 Å². The molecule has 144 valence electrons. The highest BCUT2D eigenvalue weighted by molar-refractivity contribution is 5.79. The molecule has 0 aliphatic heterocycles. The Morgan fingerprint density at radius 2 is 1.54 bits per heavy atom. The van der Waals surface area contributed by atoms with Gasteiger partial charge < -0.3 is 10.2 Å². The molecule has 0 aromatic carbocycles. The molecular formula is C18H26N2O6. The molecule has 2 atom stereocenters. The normalized spacial score (nSPS) is 22.3. The van der Waals surface area contributed by atoms with Crippen molar-refractivity contribution >= 4 is 24.1 Å². The summed E-state index contributed by atoms with van der Waals surface area (Å²) in [6, 6.07) is 0.00750. The maximum Gasteiger partial charge on any atom is 0.327 e. The molecule has 0 radical (unpaired) electrons. The molecule has 0 aromatic heterocycles. The first-order valence-electron chi connectivity index (χ1n) is 7.76. The van der Waals surface area contributed by atoms with Crippen LogP contribution in [0.4, 0.5) is 0 Å². The van der Waals surface area contributed by atoms with Crippen LogP contribution in [0.25, 0.3) is 0 Å². The van der Waals surface area contributed by atoms with E-state index in [-0.39, 0.29) is 16.9 Å². The average molecular weight is 366 g/mol. The van der Waals surface area contributed by atoms with Crippen LogP contribution in [0.2, 0.25) is 0 Å². The summed E-state index contributed by atoms with van der Waals surface area (Å²) in [5.41, 5.74) is 0.0561. The predicted octanol–water partition coefficient (Wildman–Crippen LogP) is 2.76. The molecule has 1 aliphatic rings. The topological polar surface area (TPSA) is 133 Å². The van der Waals surface area contributed by atoms with Gasteiger partial charge in [0.15, 0.2) is 0 Å². The molecule has 1 rings (SSSR count). The Morgan fingerprint density at radius 3 is 1.88 bits per heavy atom. The van der Waals surface area contributed by atoms with Crippen molar-refractivity contribution < 1.29 is 29.4 Å². The number of hydrogen-bond acceptors (Lipinski definition) is 6. The van der Waals surface area contributed by atoms with E-state index >= 15 is 0 Å². The maximum atomic E-state index is 10.3. The number of hydrogen-bond donors (Lipinski definition) is 2. The van der Waals surface area contributed by atoms with Crippen molar-refractivity contribution in [2.24, 2.45) is 20.8 Å². The summed E-state index contributed by atoms with van der Waals surface area (Å²) < 4.78 is 0. The summed E-state index contributed by atoms with van der Waals surface area (Å²) in [6.07, 6.45) is 7.55. The van der Waals surface area contributed by atoms with Gasteiger partial charge in [0.2, 0.25) is 12.2 Å². The monoisotopic (exact) mass is 366 g/mol. The van der Waals surface area contributed by atoms with Crippen molar-refractivity contribution in [1.82, 2.24) is 0 Å². The molecule has 2 N–H and O–H groups in total. The summed E-state index contributed by atoms with van der Waals surface area (Å²) in [6.45, 7) is 12.8. The van der Waals surface area contributed by atoms with Crippen molar-refractivity contribution in [1.29, 1.82) is 0 Å². The zero-order chi connectivity index (χ0) is 20.8. The van der Waals surface area contributed by atoms with Gasteiger partial charge in [-0.25, -0.2) is 29.2 Å². The largest absolute Gasteiger partial charge is 0.478 e. The molecule has 0 heterocycles. The SMILES string of the molecule is C=CC(=O)O.C=CC(=O)O.CC1(C)CC(N=C=O)CC(C)(CN=C=O)C1. The lowest BCUT2D eigenvalue weighted by Gasteiger charge is -2.44. The third kappa shape index (κ3) is 13.6. The van der Waals surface area contributed by atoms with Crippen molar-refractivity contribution in [3.05, 3.63) is 25.3 Å². The fourth-order valence-electron chi connectivity index (χ4n) is 3.09. The van der Waals surface area contributed by atoms with Gasteiger partial charge in [0, 0.05) is 12.2 Å². The average Bonchev–Trinajstić information content (AvgIpc) is 2.52. The molecule has 0 bridgehead atoms. The molecular weight excluding hydrogens is 340 g/mol. The van der Waals surface area contributed by atoms with Crippen LogP contribution in [0, 0.1) is 10.8 Å². The van der Waals surface area contributed by atoms with Crippen LogP contribution in [0.5, 0.6) is 0 Å². The number of aliphatic imine (C=N–C) groups is 2. The zero-order valence-electron chi connectivity index (χ0n) is 15.4. The number of aliphatic carboxylic acids is 2. The number of carbonyl (C=O) groups excluding carboxylic acids is 2. The van der Waals surface area contributed by atoms with Crippen LogP contribution in [-0.2, 0) is 19.2 Å². The van der Waals surface area contributed by atoms with E-state index in [1.165, 1.54) is 0 Å². The predicted molar refractivity (Wildman–Crippen MR) is 96.3 cm³/mol. The molecule has 8 heteroatoms. The van der Waals surface area contributed by atoms with Crippen LogP contribution >= 0.6 is 0 Å². The number of rotatable bonds is 5. The van der Waals surface area contributed by atoms with Crippen LogP contribution in [-0.4, -0.2) is 46.9 Å². The van der Waals surface area contributed by atoms with Crippen molar-refractivity contribution in [3.63, 3.8) is 0 Å². The van der Waals surface area contributed by atoms with Gasteiger partial charge >= 0.3 is 11.9 Å². The van der Waals surface area contributed by atoms with Crippen LogP contribution < -0.4 is 0 Å². The molecule has 8 nitrogen and oxygen atoms in total. The van der Waals surface area contributed by atoms with E-state index in [0.717, 1.165) is 31.4 Å². The quantitative estimate of drug-likeness (QED) is 0.436. The van der Waals surface area contributed by atoms with Crippen molar-refractivity contribution in [2.75, 3.05) is 6.54 Å². The third-order valence-corrected chi connectivity index (χ3v) is 3.53. The Hall–Kier alpha value is -2.82. The molecule has 0 saturated heterocycles. The first-order valence-corrected chi connectivity index (χ1v) is 7.76. The van der Waals surface area contributed by atoms with Gasteiger partial charge in [-0.3, -0.25) is 0 Å². The van der Waals surface area contributed by atoms with Gasteiger partial charge in [-0.05, 0) is 30.1 Å². The minimum absolute atomic E-state index is 0.00750. The lowest BCUT2D eigenvalue weighted by atomic mass is 9.63. The summed E-state index contributed by atoms with van der Waals surface area (Å²) in [7, 11) is 0. The lowest BCUT2D eigenvalue weighted by Crippen LogP contribution is -2.39. The number of nitrogens with zero attached hydrogens (tertiary/aromatic N) is 2. The van der Waals surface area contributed by atoms with Crippen LogP contribution in [0.1, 0.15) is 40.0 Å². The molecule has 0 amide bonds. The Bertz CT molecular complexity index is 583. The molecule has 1 fully saturated rings. The maximum absolute atomic E-state index is 10.3. The number of carboxylic acid groups (broad SMARTS) is 2. The molecule has 0 spiro atoms. The van der Waals surface area contributed by atoms with Gasteiger partial charge in [0.25, 0.3) is 0 Å². The van der Waals surface area contributed by atoms with E-state index in [9.17, 15) is 19.2 Å². The van der Waals surface area contributed by atoms with E-state index in [1.807, 2.05) is 0 Å². The van der Waals surface area contributed by atoms with Gasteiger partial charge in [-0.2, -0.15) is 0 Å². The second-order valence-corrected chi connectivity index (χ2v) is 6.93. The lowest BCUT2D eigenvalue weighted by molar-refractivity contribution is -0.132. The Balaban J connectivity index is 0. The summed E-state index contributed by atoms with van der Waals surface area (Å²) in [5, 5.41) is 15.2. The zero-order valence-corrected chi connectivity index (χ0v) is 15.4. The van der Waals surface area contributed by atoms with E-state index < -0.39 is 11.9 Å². The van der Waals surface area contributed by atoms with Gasteiger partial charge in [0.05, 0.1) is 12.6 Å². The second kappa shape index (κ2) is 12.5. The minimum Gasteiger partial charge on any atom is -0.478 e. The molecule has 1 aliphatic carbocycles. The number of isocyanates is 2. The summed E-state index contributed by atoms with van der Waals surface area (Å²) >= 11 is 0. The Morgan fingerprint density at radius 1 is 1.08 bits per heavy atom. The first-order chi connectivity index (χ1) is 11.9. The van der Waals surface area contributed by atoms with Gasteiger partial charge in [0.1, 0.15) is 0 Å². The molecule has 1 saturated carbocycles. The summed E-state index contributed by atoms with van der Waals surface area (Å²) in [4.78, 5) is 46.5. The molecule has 2 unspecified atom stereocenters. The van der Waals surface area contributed by atoms with Crippen molar-refractivity contribution in [3.8, 4) is 0 Å². The summed E-state index contributed by atoms with van der Waals surface area (Å²) in [5.74, 6) is -1.96. The van der Waals surface area contributed by atoms with Crippen LogP contribution in [0.3, 0.4) is 0 Å². The van der Waals surface area contributed by atoms with E-state index in [4.69, 9.17) is 10.2 Å². The highest BCUT2D eigenvalue weighted by atomic mass is 16.4. The molecule has 0 aromatic rings. The van der Waals surface area contributed by atoms with E-state index in [0.29, 0.717) is 6.54 Å². The number of carboxylic acids is 2. The third-order valence-electron chi connectivity index (χ3n) is 3.53. The Labute approximate surface area is 153 Å². The number of carbonyl (C=O) groups is 2. The second-order valence-electron chi connectivity index (χ2n) is 6.93.